The van der Waals surface area contributed by atoms with Gasteiger partial charge in [0.25, 0.3) is 0 Å². The van der Waals surface area contributed by atoms with Crippen LogP contribution in [-0.4, -0.2) is 11.7 Å². The lowest BCUT2D eigenvalue weighted by atomic mass is 10.1. The molecule has 0 fully saturated rings. The van der Waals surface area contributed by atoms with Gasteiger partial charge >= 0.3 is 0 Å². The first-order valence-electron chi connectivity index (χ1n) is 5.46. The molecule has 1 unspecified atom stereocenters. The van der Waals surface area contributed by atoms with Crippen molar-refractivity contribution < 1.29 is 4.74 Å². The molecular formula is C12H25O. The SMILES string of the molecule is [CH2]CC(CCCCC)OC(C)(C)C. The Labute approximate surface area is 83.9 Å². The standard InChI is InChI=1S/C12H25O/c1-6-8-9-10-11(7-2)13-12(3,4)5/h11H,2,6-10H2,1,3-5H3. The largest absolute Gasteiger partial charge is 0.373 e. The maximum atomic E-state index is 5.87. The van der Waals surface area contributed by atoms with Gasteiger partial charge in [-0.2, -0.15) is 0 Å². The fourth-order valence-corrected chi connectivity index (χ4v) is 1.38. The number of unbranched alkanes of at least 4 members (excludes halogenated alkanes) is 2. The minimum atomic E-state index is -0.0193. The Morgan fingerprint density at radius 1 is 1.23 bits per heavy atom. The summed E-state index contributed by atoms with van der Waals surface area (Å²) in [6.07, 6.45) is 6.26. The fourth-order valence-electron chi connectivity index (χ4n) is 1.38. The van der Waals surface area contributed by atoms with E-state index in [2.05, 4.69) is 34.6 Å². The molecule has 1 nitrogen and oxygen atoms in total. The molecule has 0 rings (SSSR count). The average molecular weight is 185 g/mol. The third kappa shape index (κ3) is 8.29. The van der Waals surface area contributed by atoms with Crippen LogP contribution in [-0.2, 0) is 4.74 Å². The molecule has 0 aliphatic heterocycles. The first-order valence-corrected chi connectivity index (χ1v) is 5.46. The molecule has 0 bridgehead atoms. The Morgan fingerprint density at radius 2 is 1.85 bits per heavy atom. The van der Waals surface area contributed by atoms with Gasteiger partial charge in [-0.25, -0.2) is 0 Å². The van der Waals surface area contributed by atoms with Gasteiger partial charge in [0.1, 0.15) is 0 Å². The predicted molar refractivity (Wildman–Crippen MR) is 58.7 cm³/mol. The van der Waals surface area contributed by atoms with E-state index in [-0.39, 0.29) is 5.60 Å². The Morgan fingerprint density at radius 3 is 2.23 bits per heavy atom. The van der Waals surface area contributed by atoms with Crippen molar-refractivity contribution in [2.75, 3.05) is 0 Å². The molecule has 0 heterocycles. The second-order valence-electron chi connectivity index (χ2n) is 4.64. The van der Waals surface area contributed by atoms with Crippen molar-refractivity contribution in [2.45, 2.75) is 71.5 Å². The molecule has 0 aromatic carbocycles. The molecular weight excluding hydrogens is 160 g/mol. The van der Waals surface area contributed by atoms with Crippen molar-refractivity contribution >= 4 is 0 Å². The highest BCUT2D eigenvalue weighted by Crippen LogP contribution is 2.17. The zero-order valence-electron chi connectivity index (χ0n) is 9.73. The van der Waals surface area contributed by atoms with Crippen molar-refractivity contribution in [3.05, 3.63) is 6.92 Å². The topological polar surface area (TPSA) is 9.23 Å². The zero-order valence-corrected chi connectivity index (χ0v) is 9.73. The maximum Gasteiger partial charge on any atom is 0.0602 e. The molecule has 0 aliphatic rings. The summed E-state index contributed by atoms with van der Waals surface area (Å²) >= 11 is 0. The van der Waals surface area contributed by atoms with E-state index >= 15 is 0 Å². The molecule has 0 aromatic rings. The van der Waals surface area contributed by atoms with Crippen molar-refractivity contribution in [1.29, 1.82) is 0 Å². The van der Waals surface area contributed by atoms with Crippen LogP contribution < -0.4 is 0 Å². The molecule has 1 radical (unpaired) electrons. The zero-order chi connectivity index (χ0) is 10.3. The molecule has 0 saturated heterocycles. The van der Waals surface area contributed by atoms with Gasteiger partial charge in [0.15, 0.2) is 0 Å². The summed E-state index contributed by atoms with van der Waals surface area (Å²) in [5.41, 5.74) is -0.0193. The highest BCUT2D eigenvalue weighted by molar-refractivity contribution is 4.67. The molecule has 1 atom stereocenters. The molecule has 0 aromatic heterocycles. The summed E-state index contributed by atoms with van der Waals surface area (Å²) in [6, 6.07) is 0. The first-order chi connectivity index (χ1) is 5.99. The van der Waals surface area contributed by atoms with Crippen LogP contribution in [0.15, 0.2) is 0 Å². The van der Waals surface area contributed by atoms with Crippen molar-refractivity contribution in [3.8, 4) is 0 Å². The van der Waals surface area contributed by atoms with E-state index in [0.29, 0.717) is 6.10 Å². The fraction of sp³-hybridized carbons (Fsp3) is 0.917. The van der Waals surface area contributed by atoms with E-state index in [1.54, 1.807) is 0 Å². The minimum absolute atomic E-state index is 0.0193. The third-order valence-electron chi connectivity index (χ3n) is 1.97. The molecule has 0 spiro atoms. The Hall–Kier alpha value is -0.0400. The number of ether oxygens (including phenoxy) is 1. The molecule has 0 aliphatic carbocycles. The van der Waals surface area contributed by atoms with Gasteiger partial charge in [-0.05, 0) is 33.6 Å². The maximum absolute atomic E-state index is 5.87. The number of hydrogen-bond donors (Lipinski definition) is 0. The Balaban J connectivity index is 3.63. The van der Waals surface area contributed by atoms with Crippen LogP contribution in [0.3, 0.4) is 0 Å². The van der Waals surface area contributed by atoms with Gasteiger partial charge < -0.3 is 4.74 Å². The Bertz CT molecular complexity index is 113. The highest BCUT2D eigenvalue weighted by atomic mass is 16.5. The van der Waals surface area contributed by atoms with Crippen molar-refractivity contribution in [1.82, 2.24) is 0 Å². The van der Waals surface area contributed by atoms with E-state index < -0.39 is 0 Å². The van der Waals surface area contributed by atoms with Gasteiger partial charge in [-0.3, -0.25) is 0 Å². The van der Waals surface area contributed by atoms with Crippen LogP contribution in [0, 0.1) is 6.92 Å². The Kier molecular flexibility index (Phi) is 6.40. The number of hydrogen-bond acceptors (Lipinski definition) is 1. The smallest absolute Gasteiger partial charge is 0.0602 e. The monoisotopic (exact) mass is 185 g/mol. The third-order valence-corrected chi connectivity index (χ3v) is 1.97. The first kappa shape index (κ1) is 13.0. The van der Waals surface area contributed by atoms with Crippen LogP contribution >= 0.6 is 0 Å². The lowest BCUT2D eigenvalue weighted by Gasteiger charge is -2.26. The summed E-state index contributed by atoms with van der Waals surface area (Å²) in [7, 11) is 0. The van der Waals surface area contributed by atoms with E-state index in [1.807, 2.05) is 0 Å². The normalized spacial score (nSPS) is 14.5. The van der Waals surface area contributed by atoms with Crippen molar-refractivity contribution in [3.63, 3.8) is 0 Å². The summed E-state index contributed by atoms with van der Waals surface area (Å²) < 4.78 is 5.87. The lowest BCUT2D eigenvalue weighted by molar-refractivity contribution is -0.0623. The van der Waals surface area contributed by atoms with Crippen LogP contribution in [0.1, 0.15) is 59.8 Å². The van der Waals surface area contributed by atoms with Crippen LogP contribution in [0.5, 0.6) is 0 Å². The van der Waals surface area contributed by atoms with Crippen LogP contribution in [0.4, 0.5) is 0 Å². The number of rotatable bonds is 6. The van der Waals surface area contributed by atoms with E-state index in [1.165, 1.54) is 19.3 Å². The van der Waals surface area contributed by atoms with E-state index in [9.17, 15) is 0 Å². The van der Waals surface area contributed by atoms with Gasteiger partial charge in [0.05, 0.1) is 11.7 Å². The molecule has 0 saturated carbocycles. The van der Waals surface area contributed by atoms with Crippen LogP contribution in [0.2, 0.25) is 0 Å². The predicted octanol–water partition coefficient (Wildman–Crippen LogP) is 3.97. The molecule has 13 heavy (non-hydrogen) atoms. The van der Waals surface area contributed by atoms with E-state index in [4.69, 9.17) is 4.74 Å². The lowest BCUT2D eigenvalue weighted by Crippen LogP contribution is -2.27. The molecule has 0 amide bonds. The summed E-state index contributed by atoms with van der Waals surface area (Å²) in [5.74, 6) is 0. The highest BCUT2D eigenvalue weighted by Gasteiger charge is 2.16. The molecule has 0 N–H and O–H groups in total. The summed E-state index contributed by atoms with van der Waals surface area (Å²) in [6.45, 7) is 12.5. The minimum Gasteiger partial charge on any atom is -0.373 e. The van der Waals surface area contributed by atoms with E-state index in [0.717, 1.165) is 12.8 Å². The molecule has 79 valence electrons. The van der Waals surface area contributed by atoms with Crippen LogP contribution in [0.25, 0.3) is 0 Å². The quantitative estimate of drug-likeness (QED) is 0.569. The summed E-state index contributed by atoms with van der Waals surface area (Å²) in [4.78, 5) is 0. The van der Waals surface area contributed by atoms with Gasteiger partial charge in [-0.1, -0.05) is 33.1 Å². The second kappa shape index (κ2) is 6.42. The van der Waals surface area contributed by atoms with Gasteiger partial charge in [0.2, 0.25) is 0 Å². The summed E-state index contributed by atoms with van der Waals surface area (Å²) in [5, 5.41) is 0. The molecule has 1 heteroatoms. The van der Waals surface area contributed by atoms with Gasteiger partial charge in [-0.15, -0.1) is 0 Å². The van der Waals surface area contributed by atoms with Gasteiger partial charge in [0, 0.05) is 0 Å². The second-order valence-corrected chi connectivity index (χ2v) is 4.64. The average Bonchev–Trinajstić information content (AvgIpc) is 2.01. The van der Waals surface area contributed by atoms with Crippen molar-refractivity contribution in [2.24, 2.45) is 0 Å².